The van der Waals surface area contributed by atoms with E-state index in [1.807, 2.05) is 33.8 Å². The zero-order chi connectivity index (χ0) is 16.5. The monoisotopic (exact) mass is 389 g/mol. The maximum absolute atomic E-state index is 12.2. The van der Waals surface area contributed by atoms with Gasteiger partial charge in [0.25, 0.3) is 0 Å². The lowest BCUT2D eigenvalue weighted by Crippen LogP contribution is -2.55. The minimum Gasteiger partial charge on any atom is -0.444 e. The zero-order valence-corrected chi connectivity index (χ0v) is 15.6. The Morgan fingerprint density at radius 3 is 2.64 bits per heavy atom. The summed E-state index contributed by atoms with van der Waals surface area (Å²) in [4.78, 5) is 20.6. The molecule has 0 aliphatic carbocycles. The van der Waals surface area contributed by atoms with Crippen molar-refractivity contribution in [3.05, 3.63) is 21.8 Å². The first-order valence-electron chi connectivity index (χ1n) is 7.23. The number of ether oxygens (including phenoxy) is 1. The predicted octanol–water partition coefficient (Wildman–Crippen LogP) is 3.94. The molecule has 122 valence electrons. The van der Waals surface area contributed by atoms with Gasteiger partial charge in [-0.25, -0.2) is 9.78 Å². The summed E-state index contributed by atoms with van der Waals surface area (Å²) in [6.45, 7) is 9.62. The Bertz CT molecular complexity index is 542. The quantitative estimate of drug-likeness (QED) is 0.681. The Hall–Kier alpha value is -1.01. The van der Waals surface area contributed by atoms with Gasteiger partial charge in [0, 0.05) is 30.7 Å². The van der Waals surface area contributed by atoms with Crippen molar-refractivity contribution in [2.24, 2.45) is 0 Å². The number of amides is 1. The molecule has 2 rings (SSSR count). The van der Waals surface area contributed by atoms with Gasteiger partial charge in [-0.3, -0.25) is 0 Å². The van der Waals surface area contributed by atoms with Gasteiger partial charge in [0.15, 0.2) is 0 Å². The van der Waals surface area contributed by atoms with E-state index in [-0.39, 0.29) is 12.1 Å². The molecule has 0 radical (unpaired) electrons. The Morgan fingerprint density at radius 2 is 2.09 bits per heavy atom. The Kier molecular flexibility index (Phi) is 5.22. The Labute approximate surface area is 144 Å². The van der Waals surface area contributed by atoms with Crippen molar-refractivity contribution in [2.75, 3.05) is 24.5 Å². The van der Waals surface area contributed by atoms with Crippen LogP contribution in [-0.4, -0.2) is 47.3 Å². The largest absolute Gasteiger partial charge is 0.444 e. The smallest absolute Gasteiger partial charge is 0.410 e. The van der Waals surface area contributed by atoms with Crippen molar-refractivity contribution < 1.29 is 9.53 Å². The molecular formula is C15H21BrClN3O2. The standard InChI is InChI=1S/C15H21BrClN3O2/c1-10-9-19(13-8-11(17)7-12(16)18-13)5-6-20(10)14(21)22-15(2,3)4/h7-8,10H,5-6,9H2,1-4H3. The van der Waals surface area contributed by atoms with Crippen LogP contribution in [0.3, 0.4) is 0 Å². The third-order valence-corrected chi connectivity index (χ3v) is 3.95. The van der Waals surface area contributed by atoms with E-state index in [1.165, 1.54) is 0 Å². The van der Waals surface area contributed by atoms with Gasteiger partial charge in [0.2, 0.25) is 0 Å². The number of anilines is 1. The molecular weight excluding hydrogens is 370 g/mol. The molecule has 7 heteroatoms. The van der Waals surface area contributed by atoms with Crippen LogP contribution in [0.4, 0.5) is 10.6 Å². The fraction of sp³-hybridized carbons (Fsp3) is 0.600. The van der Waals surface area contributed by atoms with E-state index in [0.717, 1.165) is 5.82 Å². The zero-order valence-electron chi connectivity index (χ0n) is 13.3. The highest BCUT2D eigenvalue weighted by molar-refractivity contribution is 9.10. The van der Waals surface area contributed by atoms with Crippen molar-refractivity contribution in [2.45, 2.75) is 39.3 Å². The molecule has 0 N–H and O–H groups in total. The second-order valence-electron chi connectivity index (χ2n) is 6.44. The maximum Gasteiger partial charge on any atom is 0.410 e. The van der Waals surface area contributed by atoms with E-state index in [9.17, 15) is 4.79 Å². The van der Waals surface area contributed by atoms with E-state index in [4.69, 9.17) is 16.3 Å². The number of halogens is 2. The van der Waals surface area contributed by atoms with Gasteiger partial charge in [-0.05, 0) is 55.8 Å². The Morgan fingerprint density at radius 1 is 1.41 bits per heavy atom. The number of carbonyl (C=O) groups is 1. The number of hydrogen-bond donors (Lipinski definition) is 0. The number of hydrogen-bond acceptors (Lipinski definition) is 4. The van der Waals surface area contributed by atoms with Gasteiger partial charge in [0.1, 0.15) is 16.0 Å². The SMILES string of the molecule is CC1CN(c2cc(Cl)cc(Br)n2)CCN1C(=O)OC(C)(C)C. The molecule has 1 atom stereocenters. The topological polar surface area (TPSA) is 45.7 Å². The molecule has 0 bridgehead atoms. The molecule has 1 saturated heterocycles. The number of nitrogens with zero attached hydrogens (tertiary/aromatic N) is 3. The van der Waals surface area contributed by atoms with Crippen LogP contribution in [0, 0.1) is 0 Å². The minimum absolute atomic E-state index is 0.0446. The number of rotatable bonds is 1. The fourth-order valence-electron chi connectivity index (χ4n) is 2.37. The van der Waals surface area contributed by atoms with Gasteiger partial charge in [0.05, 0.1) is 0 Å². The summed E-state index contributed by atoms with van der Waals surface area (Å²) in [5, 5.41) is 0.638. The van der Waals surface area contributed by atoms with Gasteiger partial charge < -0.3 is 14.5 Å². The first-order chi connectivity index (χ1) is 10.2. The molecule has 0 spiro atoms. The van der Waals surface area contributed by atoms with Gasteiger partial charge in [-0.1, -0.05) is 11.6 Å². The number of pyridine rings is 1. The van der Waals surface area contributed by atoms with Crippen LogP contribution in [0.5, 0.6) is 0 Å². The molecule has 0 aromatic carbocycles. The van der Waals surface area contributed by atoms with Crippen LogP contribution < -0.4 is 4.90 Å². The number of carbonyl (C=O) groups excluding carboxylic acids is 1. The number of aromatic nitrogens is 1. The molecule has 2 heterocycles. The summed E-state index contributed by atoms with van der Waals surface area (Å²) in [6, 6.07) is 3.64. The average Bonchev–Trinajstić information content (AvgIpc) is 2.35. The summed E-state index contributed by atoms with van der Waals surface area (Å²) < 4.78 is 6.16. The average molecular weight is 391 g/mol. The molecule has 22 heavy (non-hydrogen) atoms. The lowest BCUT2D eigenvalue weighted by atomic mass is 10.2. The highest BCUT2D eigenvalue weighted by Crippen LogP contribution is 2.24. The second kappa shape index (κ2) is 6.62. The van der Waals surface area contributed by atoms with Gasteiger partial charge in [-0.2, -0.15) is 0 Å². The fourth-order valence-corrected chi connectivity index (χ4v) is 3.13. The molecule has 1 aromatic rings. The summed E-state index contributed by atoms with van der Waals surface area (Å²) in [7, 11) is 0. The Balaban J connectivity index is 2.05. The van der Waals surface area contributed by atoms with Crippen molar-refractivity contribution in [1.29, 1.82) is 0 Å². The maximum atomic E-state index is 12.2. The molecule has 1 aliphatic rings. The molecule has 1 aliphatic heterocycles. The second-order valence-corrected chi connectivity index (χ2v) is 7.68. The van der Waals surface area contributed by atoms with E-state index in [0.29, 0.717) is 29.3 Å². The highest BCUT2D eigenvalue weighted by atomic mass is 79.9. The summed E-state index contributed by atoms with van der Waals surface area (Å²) >= 11 is 9.43. The number of piperazine rings is 1. The van der Waals surface area contributed by atoms with Gasteiger partial charge in [-0.15, -0.1) is 0 Å². The van der Waals surface area contributed by atoms with E-state index in [2.05, 4.69) is 25.8 Å². The lowest BCUT2D eigenvalue weighted by Gasteiger charge is -2.40. The van der Waals surface area contributed by atoms with Crippen LogP contribution in [0.15, 0.2) is 16.7 Å². The molecule has 5 nitrogen and oxygen atoms in total. The van der Waals surface area contributed by atoms with Crippen molar-refractivity contribution in [3.8, 4) is 0 Å². The molecule has 1 fully saturated rings. The molecule has 1 unspecified atom stereocenters. The van der Waals surface area contributed by atoms with Crippen LogP contribution in [-0.2, 0) is 4.74 Å². The third kappa shape index (κ3) is 4.49. The van der Waals surface area contributed by atoms with Crippen molar-refractivity contribution in [3.63, 3.8) is 0 Å². The minimum atomic E-state index is -0.479. The molecule has 1 amide bonds. The first-order valence-corrected chi connectivity index (χ1v) is 8.40. The van der Waals surface area contributed by atoms with Crippen LogP contribution in [0.1, 0.15) is 27.7 Å². The van der Waals surface area contributed by atoms with E-state index >= 15 is 0 Å². The van der Waals surface area contributed by atoms with E-state index < -0.39 is 5.60 Å². The van der Waals surface area contributed by atoms with Crippen LogP contribution >= 0.6 is 27.5 Å². The summed E-state index contributed by atoms with van der Waals surface area (Å²) in [5.41, 5.74) is -0.479. The highest BCUT2D eigenvalue weighted by Gasteiger charge is 2.31. The normalized spacial score (nSPS) is 19.3. The predicted molar refractivity (Wildman–Crippen MR) is 91.6 cm³/mol. The summed E-state index contributed by atoms with van der Waals surface area (Å²) in [5.74, 6) is 0.815. The van der Waals surface area contributed by atoms with Crippen LogP contribution in [0.2, 0.25) is 5.02 Å². The van der Waals surface area contributed by atoms with E-state index in [1.54, 1.807) is 11.0 Å². The van der Waals surface area contributed by atoms with Gasteiger partial charge >= 0.3 is 6.09 Å². The molecule has 0 saturated carbocycles. The summed E-state index contributed by atoms with van der Waals surface area (Å²) in [6.07, 6.45) is -0.264. The lowest BCUT2D eigenvalue weighted by molar-refractivity contribution is 0.0158. The van der Waals surface area contributed by atoms with Crippen molar-refractivity contribution in [1.82, 2.24) is 9.88 Å². The van der Waals surface area contributed by atoms with Crippen molar-refractivity contribution >= 4 is 39.4 Å². The molecule has 1 aromatic heterocycles. The van der Waals surface area contributed by atoms with Crippen LogP contribution in [0.25, 0.3) is 0 Å². The third-order valence-electron chi connectivity index (χ3n) is 3.32. The first kappa shape index (κ1) is 17.3.